The number of anilines is 1. The number of nitrogens with one attached hydrogen (secondary N) is 1. The average molecular weight is 409 g/mol. The summed E-state index contributed by atoms with van der Waals surface area (Å²) in [7, 11) is 0. The summed E-state index contributed by atoms with van der Waals surface area (Å²) >= 11 is 2.20. The molecule has 2 aromatic rings. The highest BCUT2D eigenvalue weighted by molar-refractivity contribution is 14.1. The molecule has 2 rings (SSSR count). The predicted molar refractivity (Wildman–Crippen MR) is 94.3 cm³/mol. The van der Waals surface area contributed by atoms with Crippen LogP contribution in [0.4, 0.5) is 5.69 Å². The number of halogens is 1. The molecule has 0 fully saturated rings. The summed E-state index contributed by atoms with van der Waals surface area (Å²) in [5, 5.41) is 2.75. The summed E-state index contributed by atoms with van der Waals surface area (Å²) in [4.78, 5) is 23.5. The fourth-order valence-corrected chi connectivity index (χ4v) is 2.19. The second-order valence-electron chi connectivity index (χ2n) is 4.84. The predicted octanol–water partition coefficient (Wildman–Crippen LogP) is 3.90. The molecule has 0 saturated carbocycles. The first kappa shape index (κ1) is 16.5. The third-order valence-corrected chi connectivity index (χ3v) is 3.75. The molecule has 0 saturated heterocycles. The molecule has 114 valence electrons. The van der Waals surface area contributed by atoms with E-state index in [0.29, 0.717) is 17.0 Å². The normalized spacial score (nSPS) is 11.6. The van der Waals surface area contributed by atoms with Crippen molar-refractivity contribution in [1.82, 2.24) is 0 Å². The number of carbonyl (C=O) groups excluding carboxylic acids is 2. The van der Waals surface area contributed by atoms with Gasteiger partial charge in [-0.15, -0.1) is 0 Å². The lowest BCUT2D eigenvalue weighted by Crippen LogP contribution is -2.30. The SMILES string of the molecule is CC(=O)c1cccc(NC(=O)[C@@H](C)Oc2ccc(I)cc2)c1. The minimum Gasteiger partial charge on any atom is -0.481 e. The van der Waals surface area contributed by atoms with Crippen LogP contribution in [0.2, 0.25) is 0 Å². The molecule has 22 heavy (non-hydrogen) atoms. The number of Topliss-reactive ketones (excluding diaryl/α,β-unsaturated/α-hetero) is 1. The van der Waals surface area contributed by atoms with Crippen LogP contribution >= 0.6 is 22.6 Å². The van der Waals surface area contributed by atoms with Gasteiger partial charge in [0.25, 0.3) is 5.91 Å². The van der Waals surface area contributed by atoms with E-state index in [1.165, 1.54) is 6.92 Å². The number of carbonyl (C=O) groups is 2. The summed E-state index contributed by atoms with van der Waals surface area (Å²) in [6.07, 6.45) is -0.638. The van der Waals surface area contributed by atoms with Gasteiger partial charge in [0.2, 0.25) is 0 Å². The Morgan fingerprint density at radius 3 is 2.45 bits per heavy atom. The molecule has 0 aliphatic heterocycles. The molecule has 0 bridgehead atoms. The summed E-state index contributed by atoms with van der Waals surface area (Å²) in [6, 6.07) is 14.3. The number of hydrogen-bond acceptors (Lipinski definition) is 3. The Bertz CT molecular complexity index is 683. The molecule has 0 aromatic heterocycles. The molecule has 1 atom stereocenters. The summed E-state index contributed by atoms with van der Waals surface area (Å²) in [6.45, 7) is 3.17. The topological polar surface area (TPSA) is 55.4 Å². The Morgan fingerprint density at radius 2 is 1.82 bits per heavy atom. The molecule has 1 N–H and O–H groups in total. The quantitative estimate of drug-likeness (QED) is 0.602. The fraction of sp³-hybridized carbons (Fsp3) is 0.176. The van der Waals surface area contributed by atoms with E-state index in [0.717, 1.165) is 3.57 Å². The van der Waals surface area contributed by atoms with E-state index in [2.05, 4.69) is 27.9 Å². The van der Waals surface area contributed by atoms with Gasteiger partial charge < -0.3 is 10.1 Å². The highest BCUT2D eigenvalue weighted by Gasteiger charge is 2.15. The van der Waals surface area contributed by atoms with Crippen LogP contribution in [0.15, 0.2) is 48.5 Å². The van der Waals surface area contributed by atoms with E-state index in [1.807, 2.05) is 24.3 Å². The molecule has 0 unspecified atom stereocenters. The third-order valence-electron chi connectivity index (χ3n) is 3.03. The minimum atomic E-state index is -0.638. The summed E-state index contributed by atoms with van der Waals surface area (Å²) in [5.41, 5.74) is 1.14. The Hall–Kier alpha value is -1.89. The van der Waals surface area contributed by atoms with E-state index in [4.69, 9.17) is 4.74 Å². The van der Waals surface area contributed by atoms with Gasteiger partial charge in [0.15, 0.2) is 11.9 Å². The fourth-order valence-electron chi connectivity index (χ4n) is 1.83. The lowest BCUT2D eigenvalue weighted by atomic mass is 10.1. The Kier molecular flexibility index (Phi) is 5.54. The first-order valence-electron chi connectivity index (χ1n) is 6.80. The molecule has 0 aliphatic rings. The van der Waals surface area contributed by atoms with Crippen molar-refractivity contribution in [2.75, 3.05) is 5.32 Å². The van der Waals surface area contributed by atoms with Gasteiger partial charge in [-0.1, -0.05) is 12.1 Å². The number of rotatable bonds is 5. The van der Waals surface area contributed by atoms with Crippen LogP contribution in [0.5, 0.6) is 5.75 Å². The van der Waals surface area contributed by atoms with E-state index in [-0.39, 0.29) is 11.7 Å². The van der Waals surface area contributed by atoms with Crippen molar-refractivity contribution in [3.8, 4) is 5.75 Å². The average Bonchev–Trinajstić information content (AvgIpc) is 2.49. The maximum Gasteiger partial charge on any atom is 0.265 e. The zero-order valence-electron chi connectivity index (χ0n) is 12.3. The monoisotopic (exact) mass is 409 g/mol. The maximum absolute atomic E-state index is 12.1. The van der Waals surface area contributed by atoms with Crippen LogP contribution in [-0.4, -0.2) is 17.8 Å². The van der Waals surface area contributed by atoms with Gasteiger partial charge in [-0.25, -0.2) is 0 Å². The molecule has 0 heterocycles. The molecular weight excluding hydrogens is 393 g/mol. The lowest BCUT2D eigenvalue weighted by molar-refractivity contribution is -0.122. The zero-order valence-corrected chi connectivity index (χ0v) is 14.5. The van der Waals surface area contributed by atoms with Crippen molar-refractivity contribution in [2.45, 2.75) is 20.0 Å². The Labute approximate surface area is 143 Å². The van der Waals surface area contributed by atoms with Crippen LogP contribution in [0.25, 0.3) is 0 Å². The number of amides is 1. The maximum atomic E-state index is 12.1. The van der Waals surface area contributed by atoms with E-state index >= 15 is 0 Å². The van der Waals surface area contributed by atoms with Gasteiger partial charge in [-0.05, 0) is 72.8 Å². The molecule has 0 radical (unpaired) electrons. The van der Waals surface area contributed by atoms with Crippen molar-refractivity contribution in [2.24, 2.45) is 0 Å². The van der Waals surface area contributed by atoms with Crippen molar-refractivity contribution in [3.05, 3.63) is 57.7 Å². The van der Waals surface area contributed by atoms with E-state index < -0.39 is 6.10 Å². The van der Waals surface area contributed by atoms with Crippen molar-refractivity contribution >= 4 is 40.0 Å². The van der Waals surface area contributed by atoms with Gasteiger partial charge in [-0.3, -0.25) is 9.59 Å². The van der Waals surface area contributed by atoms with Crippen LogP contribution in [0.3, 0.4) is 0 Å². The second kappa shape index (κ2) is 7.40. The molecule has 1 amide bonds. The van der Waals surface area contributed by atoms with Crippen LogP contribution in [-0.2, 0) is 4.79 Å². The standard InChI is InChI=1S/C17H16INO3/c1-11(20)13-4-3-5-15(10-13)19-17(21)12(2)22-16-8-6-14(18)7-9-16/h3-10,12H,1-2H3,(H,19,21)/t12-/m1/s1. The van der Waals surface area contributed by atoms with Crippen molar-refractivity contribution in [1.29, 1.82) is 0 Å². The van der Waals surface area contributed by atoms with Crippen molar-refractivity contribution in [3.63, 3.8) is 0 Å². The van der Waals surface area contributed by atoms with Crippen LogP contribution in [0.1, 0.15) is 24.2 Å². The second-order valence-corrected chi connectivity index (χ2v) is 6.09. The highest BCUT2D eigenvalue weighted by Crippen LogP contribution is 2.16. The number of ether oxygens (including phenoxy) is 1. The first-order valence-corrected chi connectivity index (χ1v) is 7.87. The van der Waals surface area contributed by atoms with Gasteiger partial charge in [0, 0.05) is 14.8 Å². The lowest BCUT2D eigenvalue weighted by Gasteiger charge is -2.15. The molecule has 2 aromatic carbocycles. The van der Waals surface area contributed by atoms with Gasteiger partial charge >= 0.3 is 0 Å². The smallest absolute Gasteiger partial charge is 0.265 e. The Morgan fingerprint density at radius 1 is 1.14 bits per heavy atom. The highest BCUT2D eigenvalue weighted by atomic mass is 127. The van der Waals surface area contributed by atoms with Crippen LogP contribution < -0.4 is 10.1 Å². The number of benzene rings is 2. The largest absolute Gasteiger partial charge is 0.481 e. The molecule has 4 nitrogen and oxygen atoms in total. The first-order chi connectivity index (χ1) is 10.5. The van der Waals surface area contributed by atoms with Gasteiger partial charge in [0.05, 0.1) is 0 Å². The van der Waals surface area contributed by atoms with Gasteiger partial charge in [0.1, 0.15) is 5.75 Å². The zero-order chi connectivity index (χ0) is 16.1. The molecular formula is C17H16INO3. The molecule has 0 spiro atoms. The minimum absolute atomic E-state index is 0.0423. The summed E-state index contributed by atoms with van der Waals surface area (Å²) < 4.78 is 6.70. The van der Waals surface area contributed by atoms with Gasteiger partial charge in [-0.2, -0.15) is 0 Å². The number of ketones is 1. The number of hydrogen-bond donors (Lipinski definition) is 1. The van der Waals surface area contributed by atoms with Crippen LogP contribution in [0, 0.1) is 3.57 Å². The summed E-state index contributed by atoms with van der Waals surface area (Å²) in [5.74, 6) is 0.332. The van der Waals surface area contributed by atoms with Crippen molar-refractivity contribution < 1.29 is 14.3 Å². The Balaban J connectivity index is 2.00. The van der Waals surface area contributed by atoms with E-state index in [9.17, 15) is 9.59 Å². The molecule has 5 heteroatoms. The van der Waals surface area contributed by atoms with E-state index in [1.54, 1.807) is 31.2 Å². The third kappa shape index (κ3) is 4.56. The molecule has 0 aliphatic carbocycles.